The Kier molecular flexibility index (Phi) is 8.20. The second-order valence-electron chi connectivity index (χ2n) is 6.69. The quantitative estimate of drug-likeness (QED) is 0.175. The first kappa shape index (κ1) is 24.3. The normalized spacial score (nSPS) is 10.4. The maximum atomic E-state index is 12.4. The first-order valence-corrected chi connectivity index (χ1v) is 10.2. The minimum absolute atomic E-state index is 0.199. The van der Waals surface area contributed by atoms with Crippen LogP contribution in [-0.4, -0.2) is 38.2 Å². The summed E-state index contributed by atoms with van der Waals surface area (Å²) in [6.07, 6.45) is 1.31. The van der Waals surface area contributed by atoms with E-state index in [-0.39, 0.29) is 11.5 Å². The standard InChI is InChI=1S/C24H20ClN3O6/c1-32-19-9-7-16(8-10-19)24(31)34-20-11-6-15(12-21(20)33-2)14-26-28-23(30)22(29)27-18-5-3-4-17(25)13-18/h3-14H,1-2H3,(H,27,29)(H,28,30)/b26-14+. The van der Waals surface area contributed by atoms with Crippen molar-refractivity contribution in [3.63, 3.8) is 0 Å². The number of carbonyl (C=O) groups excluding carboxylic acids is 3. The number of nitrogens with one attached hydrogen (secondary N) is 2. The highest BCUT2D eigenvalue weighted by Gasteiger charge is 2.14. The van der Waals surface area contributed by atoms with Gasteiger partial charge in [0.05, 0.1) is 26.0 Å². The van der Waals surface area contributed by atoms with Crippen molar-refractivity contribution in [1.82, 2.24) is 5.43 Å². The molecule has 34 heavy (non-hydrogen) atoms. The molecule has 9 nitrogen and oxygen atoms in total. The molecule has 3 aromatic carbocycles. The molecule has 0 aliphatic heterocycles. The van der Waals surface area contributed by atoms with Gasteiger partial charge in [-0.1, -0.05) is 17.7 Å². The van der Waals surface area contributed by atoms with Crippen LogP contribution in [-0.2, 0) is 9.59 Å². The van der Waals surface area contributed by atoms with Crippen molar-refractivity contribution in [3.05, 3.63) is 82.9 Å². The van der Waals surface area contributed by atoms with Crippen molar-refractivity contribution < 1.29 is 28.6 Å². The molecule has 3 rings (SSSR count). The molecule has 0 heterocycles. The summed E-state index contributed by atoms with van der Waals surface area (Å²) in [6.45, 7) is 0. The molecular formula is C24H20ClN3O6. The first-order valence-electron chi connectivity index (χ1n) is 9.84. The number of nitrogens with zero attached hydrogens (tertiary/aromatic N) is 1. The van der Waals surface area contributed by atoms with E-state index in [1.54, 1.807) is 54.6 Å². The maximum absolute atomic E-state index is 12.4. The molecule has 0 aromatic heterocycles. The lowest BCUT2D eigenvalue weighted by molar-refractivity contribution is -0.136. The zero-order chi connectivity index (χ0) is 24.5. The largest absolute Gasteiger partial charge is 0.497 e. The second kappa shape index (κ2) is 11.5. The fourth-order valence-electron chi connectivity index (χ4n) is 2.70. The van der Waals surface area contributed by atoms with Gasteiger partial charge in [0.2, 0.25) is 0 Å². The summed E-state index contributed by atoms with van der Waals surface area (Å²) in [5, 5.41) is 6.59. The summed E-state index contributed by atoms with van der Waals surface area (Å²) in [5.74, 6) is -1.35. The molecule has 0 bridgehead atoms. The Morgan fingerprint density at radius 3 is 2.32 bits per heavy atom. The van der Waals surface area contributed by atoms with E-state index in [2.05, 4.69) is 15.8 Å². The van der Waals surface area contributed by atoms with Gasteiger partial charge in [-0.3, -0.25) is 9.59 Å². The van der Waals surface area contributed by atoms with Crippen LogP contribution in [0.1, 0.15) is 15.9 Å². The number of amides is 2. The molecule has 3 aromatic rings. The molecule has 0 atom stereocenters. The highest BCUT2D eigenvalue weighted by atomic mass is 35.5. The van der Waals surface area contributed by atoms with Crippen LogP contribution in [0.25, 0.3) is 0 Å². The van der Waals surface area contributed by atoms with Gasteiger partial charge in [-0.2, -0.15) is 5.10 Å². The highest BCUT2D eigenvalue weighted by Crippen LogP contribution is 2.28. The summed E-state index contributed by atoms with van der Waals surface area (Å²) >= 11 is 5.85. The van der Waals surface area contributed by atoms with E-state index in [0.29, 0.717) is 27.6 Å². The van der Waals surface area contributed by atoms with Gasteiger partial charge in [-0.25, -0.2) is 10.2 Å². The Morgan fingerprint density at radius 2 is 1.65 bits per heavy atom. The molecule has 2 amide bonds. The molecule has 0 unspecified atom stereocenters. The summed E-state index contributed by atoms with van der Waals surface area (Å²) in [6, 6.07) is 17.5. The third-order valence-electron chi connectivity index (χ3n) is 4.38. The van der Waals surface area contributed by atoms with Crippen molar-refractivity contribution >= 4 is 41.3 Å². The van der Waals surface area contributed by atoms with Crippen LogP contribution in [0.2, 0.25) is 5.02 Å². The minimum atomic E-state index is -0.965. The SMILES string of the molecule is COc1ccc(C(=O)Oc2ccc(/C=N/NC(=O)C(=O)Nc3cccc(Cl)c3)cc2OC)cc1. The molecule has 0 spiro atoms. The summed E-state index contributed by atoms with van der Waals surface area (Å²) in [4.78, 5) is 36.3. The maximum Gasteiger partial charge on any atom is 0.343 e. The number of benzene rings is 3. The molecule has 0 saturated heterocycles. The average Bonchev–Trinajstić information content (AvgIpc) is 2.84. The van der Waals surface area contributed by atoms with Crippen LogP contribution >= 0.6 is 11.6 Å². The van der Waals surface area contributed by atoms with Crippen LogP contribution in [0.4, 0.5) is 5.69 Å². The molecule has 0 radical (unpaired) electrons. The molecule has 0 fully saturated rings. The van der Waals surface area contributed by atoms with Crippen molar-refractivity contribution in [1.29, 1.82) is 0 Å². The Bertz CT molecular complexity index is 1230. The summed E-state index contributed by atoms with van der Waals surface area (Å²) in [5.41, 5.74) is 3.37. The molecule has 0 aliphatic carbocycles. The Balaban J connectivity index is 1.60. The zero-order valence-corrected chi connectivity index (χ0v) is 19.0. The Morgan fingerprint density at radius 1 is 0.882 bits per heavy atom. The minimum Gasteiger partial charge on any atom is -0.497 e. The van der Waals surface area contributed by atoms with Gasteiger partial charge < -0.3 is 19.5 Å². The van der Waals surface area contributed by atoms with Crippen LogP contribution in [0.5, 0.6) is 17.2 Å². The highest BCUT2D eigenvalue weighted by molar-refractivity contribution is 6.39. The predicted octanol–water partition coefficient (Wildman–Crippen LogP) is 3.67. The lowest BCUT2D eigenvalue weighted by atomic mass is 10.2. The zero-order valence-electron chi connectivity index (χ0n) is 18.2. The number of halogens is 1. The number of methoxy groups -OCH3 is 2. The van der Waals surface area contributed by atoms with E-state index in [0.717, 1.165) is 0 Å². The molecule has 10 heteroatoms. The van der Waals surface area contributed by atoms with Crippen LogP contribution in [0, 0.1) is 0 Å². The average molecular weight is 482 g/mol. The number of carbonyl (C=O) groups is 3. The Labute approximate surface area is 200 Å². The number of esters is 1. The van der Waals surface area contributed by atoms with Crippen LogP contribution < -0.4 is 25.0 Å². The van der Waals surface area contributed by atoms with E-state index >= 15 is 0 Å². The molecule has 2 N–H and O–H groups in total. The summed E-state index contributed by atoms with van der Waals surface area (Å²) < 4.78 is 15.8. The van der Waals surface area contributed by atoms with E-state index in [1.165, 1.54) is 32.6 Å². The van der Waals surface area contributed by atoms with Crippen molar-refractivity contribution in [3.8, 4) is 17.2 Å². The molecule has 174 valence electrons. The van der Waals surface area contributed by atoms with Gasteiger partial charge >= 0.3 is 17.8 Å². The van der Waals surface area contributed by atoms with Crippen molar-refractivity contribution in [2.75, 3.05) is 19.5 Å². The van der Waals surface area contributed by atoms with Crippen LogP contribution in [0.15, 0.2) is 71.8 Å². The fourth-order valence-corrected chi connectivity index (χ4v) is 2.90. The topological polar surface area (TPSA) is 115 Å². The van der Waals surface area contributed by atoms with Gasteiger partial charge in [0.25, 0.3) is 0 Å². The number of hydrogen-bond donors (Lipinski definition) is 2. The monoisotopic (exact) mass is 481 g/mol. The third-order valence-corrected chi connectivity index (χ3v) is 4.62. The summed E-state index contributed by atoms with van der Waals surface area (Å²) in [7, 11) is 2.95. The molecular weight excluding hydrogens is 462 g/mol. The van der Waals surface area contributed by atoms with Gasteiger partial charge in [-0.15, -0.1) is 0 Å². The number of anilines is 1. The van der Waals surface area contributed by atoms with Crippen LogP contribution in [0.3, 0.4) is 0 Å². The molecule has 0 aliphatic rings. The van der Waals surface area contributed by atoms with E-state index < -0.39 is 17.8 Å². The predicted molar refractivity (Wildman–Crippen MR) is 127 cm³/mol. The second-order valence-corrected chi connectivity index (χ2v) is 7.13. The van der Waals surface area contributed by atoms with Crippen molar-refractivity contribution in [2.45, 2.75) is 0 Å². The lowest BCUT2D eigenvalue weighted by Crippen LogP contribution is -2.32. The first-order chi connectivity index (χ1) is 16.4. The van der Waals surface area contributed by atoms with Gasteiger partial charge in [0.15, 0.2) is 11.5 Å². The fraction of sp³-hybridized carbons (Fsp3) is 0.0833. The van der Waals surface area contributed by atoms with Crippen molar-refractivity contribution in [2.24, 2.45) is 5.10 Å². The smallest absolute Gasteiger partial charge is 0.343 e. The van der Waals surface area contributed by atoms with E-state index in [4.69, 9.17) is 25.8 Å². The number of hydrazone groups is 1. The third kappa shape index (κ3) is 6.57. The number of hydrogen-bond acceptors (Lipinski definition) is 7. The van der Waals surface area contributed by atoms with Gasteiger partial charge in [0, 0.05) is 10.7 Å². The van der Waals surface area contributed by atoms with E-state index in [9.17, 15) is 14.4 Å². The molecule has 0 saturated carbocycles. The van der Waals surface area contributed by atoms with Gasteiger partial charge in [0.1, 0.15) is 5.75 Å². The number of rotatable bonds is 7. The van der Waals surface area contributed by atoms with E-state index in [1.807, 2.05) is 0 Å². The lowest BCUT2D eigenvalue weighted by Gasteiger charge is -2.10. The van der Waals surface area contributed by atoms with Gasteiger partial charge in [-0.05, 0) is 66.2 Å². The Hall–Kier alpha value is -4.37. The number of ether oxygens (including phenoxy) is 3.